The molecule has 2 heterocycles. The van der Waals surface area contributed by atoms with Crippen LogP contribution in [0.2, 0.25) is 0 Å². The number of amides is 1. The van der Waals surface area contributed by atoms with Crippen LogP contribution in [0.25, 0.3) is 10.2 Å². The number of carbonyl (C=O) groups is 1. The normalized spacial score (nSPS) is 14.1. The highest BCUT2D eigenvalue weighted by Gasteiger charge is 2.19. The summed E-state index contributed by atoms with van der Waals surface area (Å²) in [6, 6.07) is 11.4. The first-order valence-corrected chi connectivity index (χ1v) is 10.7. The number of sulfonamides is 1. The molecule has 0 atom stereocenters. The molecule has 0 unspecified atom stereocenters. The maximum absolute atomic E-state index is 12.5. The molecule has 2 aromatic carbocycles. The van der Waals surface area contributed by atoms with Gasteiger partial charge in [-0.3, -0.25) is 14.5 Å². The molecule has 3 aromatic rings. The van der Waals surface area contributed by atoms with Gasteiger partial charge in [0.05, 0.1) is 20.6 Å². The van der Waals surface area contributed by atoms with E-state index >= 15 is 0 Å². The smallest absolute Gasteiger partial charge is 0.262 e. The molecule has 0 aliphatic carbocycles. The van der Waals surface area contributed by atoms with Crippen LogP contribution in [0.15, 0.2) is 57.9 Å². The lowest BCUT2D eigenvalue weighted by molar-refractivity contribution is 0.102. The Morgan fingerprint density at radius 2 is 2.04 bits per heavy atom. The average molecular weight is 400 g/mol. The van der Waals surface area contributed by atoms with Crippen molar-refractivity contribution in [2.45, 2.75) is 17.7 Å². The summed E-state index contributed by atoms with van der Waals surface area (Å²) in [5, 5.41) is 2.74. The number of hydrogen-bond donors (Lipinski definition) is 2. The predicted molar refractivity (Wildman–Crippen MR) is 106 cm³/mol. The van der Waals surface area contributed by atoms with Crippen LogP contribution in [0.1, 0.15) is 23.2 Å². The number of thiazole rings is 1. The number of anilines is 1. The Morgan fingerprint density at radius 1 is 1.15 bits per heavy atom. The van der Waals surface area contributed by atoms with Crippen LogP contribution in [0, 0.1) is 0 Å². The quantitative estimate of drug-likeness (QED) is 0.703. The second-order valence-electron chi connectivity index (χ2n) is 6.05. The summed E-state index contributed by atoms with van der Waals surface area (Å²) >= 11 is 1.46. The molecule has 1 aliphatic rings. The third kappa shape index (κ3) is 3.83. The molecule has 0 bridgehead atoms. The second kappa shape index (κ2) is 7.09. The molecule has 27 heavy (non-hydrogen) atoms. The van der Waals surface area contributed by atoms with E-state index in [0.717, 1.165) is 16.6 Å². The van der Waals surface area contributed by atoms with Gasteiger partial charge < -0.3 is 5.32 Å². The number of rotatable bonds is 4. The van der Waals surface area contributed by atoms with Crippen LogP contribution in [-0.4, -0.2) is 31.7 Å². The van der Waals surface area contributed by atoms with Crippen LogP contribution in [0.4, 0.5) is 5.69 Å². The number of nitrogens with zero attached hydrogens (tertiary/aromatic N) is 2. The summed E-state index contributed by atoms with van der Waals surface area (Å²) in [6.45, 7) is 0.637. The van der Waals surface area contributed by atoms with Gasteiger partial charge in [-0.2, -0.15) is 0 Å². The first kappa shape index (κ1) is 17.6. The van der Waals surface area contributed by atoms with Crippen LogP contribution < -0.4 is 10.0 Å². The minimum Gasteiger partial charge on any atom is -0.322 e. The van der Waals surface area contributed by atoms with Crippen LogP contribution >= 0.6 is 11.3 Å². The zero-order chi connectivity index (χ0) is 18.9. The summed E-state index contributed by atoms with van der Waals surface area (Å²) in [5.41, 5.74) is 3.45. The molecule has 1 aliphatic heterocycles. The van der Waals surface area contributed by atoms with Gasteiger partial charge in [0, 0.05) is 24.2 Å². The predicted octanol–water partition coefficient (Wildman–Crippen LogP) is 3.02. The van der Waals surface area contributed by atoms with Crippen molar-refractivity contribution in [3.05, 3.63) is 53.5 Å². The molecule has 4 rings (SSSR count). The molecule has 0 fully saturated rings. The topological polar surface area (TPSA) is 101 Å². The van der Waals surface area contributed by atoms with Gasteiger partial charge in [-0.1, -0.05) is 6.07 Å². The number of fused-ring (bicyclic) bond motifs is 1. The highest BCUT2D eigenvalue weighted by Crippen LogP contribution is 2.21. The third-order valence-electron chi connectivity index (χ3n) is 4.12. The largest absolute Gasteiger partial charge is 0.322 e. The lowest BCUT2D eigenvalue weighted by Crippen LogP contribution is -2.29. The van der Waals surface area contributed by atoms with E-state index < -0.39 is 10.0 Å². The van der Waals surface area contributed by atoms with Gasteiger partial charge in [0.1, 0.15) is 5.84 Å². The van der Waals surface area contributed by atoms with Crippen molar-refractivity contribution in [2.24, 2.45) is 4.99 Å². The number of hydrogen-bond acceptors (Lipinski definition) is 6. The Labute approximate surface area is 160 Å². The highest BCUT2D eigenvalue weighted by molar-refractivity contribution is 7.90. The SMILES string of the molecule is O=C(Nc1cccc(S(=O)(=O)NC2=NCCC2)c1)c1ccc2ncsc2c1. The molecule has 7 nitrogen and oxygen atoms in total. The van der Waals surface area contributed by atoms with Gasteiger partial charge in [0.2, 0.25) is 0 Å². The highest BCUT2D eigenvalue weighted by atomic mass is 32.2. The van der Waals surface area contributed by atoms with E-state index in [9.17, 15) is 13.2 Å². The fourth-order valence-corrected chi connectivity index (χ4v) is 4.63. The van der Waals surface area contributed by atoms with E-state index in [0.29, 0.717) is 30.1 Å². The van der Waals surface area contributed by atoms with E-state index in [1.807, 2.05) is 0 Å². The number of amidine groups is 1. The Hall–Kier alpha value is -2.78. The third-order valence-corrected chi connectivity index (χ3v) is 6.29. The Bertz CT molecular complexity index is 1150. The molecule has 1 aromatic heterocycles. The standard InChI is InChI=1S/C18H16N4O3S2/c23-18(12-6-7-15-16(9-12)26-11-20-15)21-13-3-1-4-14(10-13)27(24,25)22-17-5-2-8-19-17/h1,3-4,6-7,9-11H,2,5,8H2,(H,19,22)(H,21,23). The van der Waals surface area contributed by atoms with Crippen molar-refractivity contribution in [3.63, 3.8) is 0 Å². The van der Waals surface area contributed by atoms with Gasteiger partial charge in [0.15, 0.2) is 0 Å². The Morgan fingerprint density at radius 3 is 2.85 bits per heavy atom. The molecular weight excluding hydrogens is 384 g/mol. The first-order chi connectivity index (χ1) is 13.0. The zero-order valence-electron chi connectivity index (χ0n) is 14.2. The van der Waals surface area contributed by atoms with Gasteiger partial charge >= 0.3 is 0 Å². The van der Waals surface area contributed by atoms with Gasteiger partial charge in [-0.05, 0) is 42.8 Å². The molecule has 0 spiro atoms. The van der Waals surface area contributed by atoms with Crippen molar-refractivity contribution in [1.29, 1.82) is 0 Å². The van der Waals surface area contributed by atoms with Gasteiger partial charge in [-0.15, -0.1) is 11.3 Å². The fraction of sp³-hybridized carbons (Fsp3) is 0.167. The first-order valence-electron chi connectivity index (χ1n) is 8.32. The fourth-order valence-electron chi connectivity index (χ4n) is 2.78. The van der Waals surface area contributed by atoms with Crippen molar-refractivity contribution < 1.29 is 13.2 Å². The lowest BCUT2D eigenvalue weighted by atomic mass is 10.2. The molecular formula is C18H16N4O3S2. The summed E-state index contributed by atoms with van der Waals surface area (Å²) in [6.07, 6.45) is 1.47. The minimum atomic E-state index is -3.73. The van der Waals surface area contributed by atoms with Crippen molar-refractivity contribution in [3.8, 4) is 0 Å². The van der Waals surface area contributed by atoms with E-state index in [2.05, 4.69) is 20.0 Å². The molecule has 0 saturated heterocycles. The molecule has 9 heteroatoms. The monoisotopic (exact) mass is 400 g/mol. The van der Waals surface area contributed by atoms with E-state index in [-0.39, 0.29) is 10.8 Å². The Balaban J connectivity index is 1.54. The maximum atomic E-state index is 12.5. The van der Waals surface area contributed by atoms with Crippen molar-refractivity contribution >= 4 is 49.0 Å². The van der Waals surface area contributed by atoms with E-state index in [1.54, 1.807) is 35.8 Å². The lowest BCUT2D eigenvalue weighted by Gasteiger charge is -2.10. The number of nitrogens with one attached hydrogen (secondary N) is 2. The van der Waals surface area contributed by atoms with Crippen LogP contribution in [0.5, 0.6) is 0 Å². The van der Waals surface area contributed by atoms with Crippen LogP contribution in [-0.2, 0) is 10.0 Å². The molecule has 0 radical (unpaired) electrons. The average Bonchev–Trinajstić information content (AvgIpc) is 3.32. The number of carbonyl (C=O) groups excluding carboxylic acids is 1. The summed E-state index contributed by atoms with van der Waals surface area (Å²) in [7, 11) is -3.73. The van der Waals surface area contributed by atoms with Gasteiger partial charge in [-0.25, -0.2) is 13.4 Å². The van der Waals surface area contributed by atoms with Crippen LogP contribution in [0.3, 0.4) is 0 Å². The number of aliphatic imine (C=N–C) groups is 1. The maximum Gasteiger partial charge on any atom is 0.262 e. The summed E-state index contributed by atoms with van der Waals surface area (Å²) < 4.78 is 28.4. The summed E-state index contributed by atoms with van der Waals surface area (Å²) in [4.78, 5) is 20.9. The molecule has 1 amide bonds. The van der Waals surface area contributed by atoms with Gasteiger partial charge in [0.25, 0.3) is 15.9 Å². The zero-order valence-corrected chi connectivity index (χ0v) is 15.8. The number of benzene rings is 2. The van der Waals surface area contributed by atoms with Crippen molar-refractivity contribution in [2.75, 3.05) is 11.9 Å². The van der Waals surface area contributed by atoms with E-state index in [4.69, 9.17) is 0 Å². The minimum absolute atomic E-state index is 0.0767. The summed E-state index contributed by atoms with van der Waals surface area (Å²) in [5.74, 6) is 0.162. The van der Waals surface area contributed by atoms with E-state index in [1.165, 1.54) is 23.5 Å². The second-order valence-corrected chi connectivity index (χ2v) is 8.62. The molecule has 0 saturated carbocycles. The van der Waals surface area contributed by atoms with Crippen molar-refractivity contribution in [1.82, 2.24) is 9.71 Å². The molecule has 138 valence electrons. The molecule has 2 N–H and O–H groups in total. The number of aromatic nitrogens is 1. The Kier molecular flexibility index (Phi) is 4.63.